The van der Waals surface area contributed by atoms with Gasteiger partial charge in [0.05, 0.1) is 56.5 Å². The summed E-state index contributed by atoms with van der Waals surface area (Å²) in [4.78, 5) is 20.5. The molecule has 43 heavy (non-hydrogen) atoms. The summed E-state index contributed by atoms with van der Waals surface area (Å²) in [5.74, 6) is 1.67. The molecular formula is C34H37N3O6. The molecule has 1 aliphatic carbocycles. The SMILES string of the molecule is COc1cc(C2=CC3=Nc4ccc(CCOc5ccc(N6CCOCC6)cc5)cc4NC(=O)C3CC2)ccc1OCCO. The topological polar surface area (TPSA) is 102 Å². The summed E-state index contributed by atoms with van der Waals surface area (Å²) in [5, 5.41) is 12.2. The summed E-state index contributed by atoms with van der Waals surface area (Å²) in [6.45, 7) is 4.00. The van der Waals surface area contributed by atoms with Crippen LogP contribution >= 0.6 is 0 Å². The van der Waals surface area contributed by atoms with E-state index in [0.717, 1.165) is 72.3 Å². The molecule has 224 valence electrons. The standard InChI is InChI=1S/C34H37N3O6/c1-40-33-22-25(4-11-32(33)43-19-15-38)24-3-9-28-30(21-24)35-29-10-2-23(20-31(29)36-34(28)39)12-16-42-27-7-5-26(6-8-27)37-13-17-41-18-14-37/h2,4-8,10-11,20-22,28,38H,3,9,12-19H2,1H3,(H,36,39). The van der Waals surface area contributed by atoms with E-state index in [4.69, 9.17) is 29.0 Å². The zero-order valence-corrected chi connectivity index (χ0v) is 24.4. The van der Waals surface area contributed by atoms with Gasteiger partial charge in [0.25, 0.3) is 0 Å². The fourth-order valence-electron chi connectivity index (χ4n) is 5.70. The maximum atomic E-state index is 13.2. The van der Waals surface area contributed by atoms with Crippen molar-refractivity contribution in [1.82, 2.24) is 0 Å². The first-order chi connectivity index (χ1) is 21.1. The summed E-state index contributed by atoms with van der Waals surface area (Å²) >= 11 is 0. The van der Waals surface area contributed by atoms with Crippen LogP contribution in [0.5, 0.6) is 17.2 Å². The minimum Gasteiger partial charge on any atom is -0.493 e. The quantitative estimate of drug-likeness (QED) is 0.345. The van der Waals surface area contributed by atoms with E-state index in [0.29, 0.717) is 30.9 Å². The third kappa shape index (κ3) is 6.68. The Bertz CT molecular complexity index is 1510. The number of nitrogens with one attached hydrogen (secondary N) is 1. The second-order valence-corrected chi connectivity index (χ2v) is 10.8. The number of methoxy groups -OCH3 is 1. The van der Waals surface area contributed by atoms with Gasteiger partial charge in [0, 0.05) is 25.2 Å². The molecule has 1 atom stereocenters. The second kappa shape index (κ2) is 13.3. The number of fused-ring (bicyclic) bond motifs is 2. The molecular weight excluding hydrogens is 546 g/mol. The Balaban J connectivity index is 1.13. The zero-order valence-electron chi connectivity index (χ0n) is 24.4. The van der Waals surface area contributed by atoms with Crippen LogP contribution in [0, 0.1) is 5.92 Å². The molecule has 2 heterocycles. The second-order valence-electron chi connectivity index (χ2n) is 10.8. The number of allylic oxidation sites excluding steroid dienone is 2. The number of carbonyl (C=O) groups excluding carboxylic acids is 1. The molecule has 9 heteroatoms. The van der Waals surface area contributed by atoms with Crippen molar-refractivity contribution < 1.29 is 28.8 Å². The number of morpholine rings is 1. The average molecular weight is 584 g/mol. The van der Waals surface area contributed by atoms with Gasteiger partial charge in [-0.1, -0.05) is 12.1 Å². The van der Waals surface area contributed by atoms with Crippen LogP contribution < -0.4 is 24.4 Å². The van der Waals surface area contributed by atoms with Gasteiger partial charge >= 0.3 is 0 Å². The molecule has 0 aromatic heterocycles. The summed E-state index contributed by atoms with van der Waals surface area (Å²) in [7, 11) is 1.59. The van der Waals surface area contributed by atoms with Crippen LogP contribution in [-0.4, -0.2) is 70.0 Å². The molecule has 0 bridgehead atoms. The van der Waals surface area contributed by atoms with Gasteiger partial charge in [0.15, 0.2) is 11.5 Å². The lowest BCUT2D eigenvalue weighted by molar-refractivity contribution is -0.118. The lowest BCUT2D eigenvalue weighted by Gasteiger charge is -2.28. The molecule has 6 rings (SSSR count). The number of hydrogen-bond donors (Lipinski definition) is 2. The van der Waals surface area contributed by atoms with Crippen LogP contribution in [0.15, 0.2) is 71.7 Å². The van der Waals surface area contributed by atoms with E-state index in [1.807, 2.05) is 54.6 Å². The lowest BCUT2D eigenvalue weighted by Crippen LogP contribution is -2.36. The molecule has 2 N–H and O–H groups in total. The number of hydrogen-bond acceptors (Lipinski definition) is 8. The number of aliphatic imine (C=N–C) groups is 1. The van der Waals surface area contributed by atoms with E-state index in [-0.39, 0.29) is 25.0 Å². The maximum absolute atomic E-state index is 13.2. The van der Waals surface area contributed by atoms with Crippen molar-refractivity contribution in [3.05, 3.63) is 77.9 Å². The summed E-state index contributed by atoms with van der Waals surface area (Å²) in [5.41, 5.74) is 6.56. The predicted octanol–water partition coefficient (Wildman–Crippen LogP) is 5.04. The number of aliphatic hydroxyl groups excluding tert-OH is 1. The normalized spacial score (nSPS) is 18.0. The van der Waals surface area contributed by atoms with Crippen molar-refractivity contribution in [2.45, 2.75) is 19.3 Å². The van der Waals surface area contributed by atoms with Crippen LogP contribution in [0.1, 0.15) is 24.0 Å². The van der Waals surface area contributed by atoms with Gasteiger partial charge in [-0.3, -0.25) is 9.79 Å². The third-order valence-corrected chi connectivity index (χ3v) is 8.02. The van der Waals surface area contributed by atoms with Gasteiger partial charge in [-0.2, -0.15) is 0 Å². The van der Waals surface area contributed by atoms with Gasteiger partial charge in [-0.05, 0) is 84.1 Å². The minimum atomic E-state index is -0.308. The van der Waals surface area contributed by atoms with Crippen LogP contribution in [-0.2, 0) is 16.0 Å². The first kappa shape index (κ1) is 28.8. The lowest BCUT2D eigenvalue weighted by atomic mass is 9.84. The van der Waals surface area contributed by atoms with Crippen molar-refractivity contribution >= 4 is 34.3 Å². The largest absolute Gasteiger partial charge is 0.493 e. The van der Waals surface area contributed by atoms with Gasteiger partial charge in [0.1, 0.15) is 12.4 Å². The summed E-state index contributed by atoms with van der Waals surface area (Å²) in [6.07, 6.45) is 4.14. The number of carbonyl (C=O) groups is 1. The summed E-state index contributed by atoms with van der Waals surface area (Å²) < 4.78 is 22.5. The number of rotatable bonds is 10. The highest BCUT2D eigenvalue weighted by Crippen LogP contribution is 2.38. The fourth-order valence-corrected chi connectivity index (χ4v) is 5.70. The molecule has 1 unspecified atom stereocenters. The molecule has 9 nitrogen and oxygen atoms in total. The molecule has 1 saturated heterocycles. The number of amides is 1. The molecule has 0 spiro atoms. The Morgan fingerprint density at radius 1 is 1.00 bits per heavy atom. The first-order valence-corrected chi connectivity index (χ1v) is 14.8. The Kier molecular flexibility index (Phi) is 8.91. The van der Waals surface area contributed by atoms with Crippen LogP contribution in [0.3, 0.4) is 0 Å². The van der Waals surface area contributed by atoms with E-state index >= 15 is 0 Å². The maximum Gasteiger partial charge on any atom is 0.233 e. The zero-order chi connectivity index (χ0) is 29.6. The molecule has 3 aromatic rings. The highest BCUT2D eigenvalue weighted by atomic mass is 16.5. The predicted molar refractivity (Wildman–Crippen MR) is 167 cm³/mol. The van der Waals surface area contributed by atoms with Gasteiger partial charge in [0.2, 0.25) is 5.91 Å². The number of nitrogens with zero attached hydrogens (tertiary/aromatic N) is 2. The number of ether oxygens (including phenoxy) is 4. The van der Waals surface area contributed by atoms with Crippen molar-refractivity contribution in [3.63, 3.8) is 0 Å². The summed E-state index contributed by atoms with van der Waals surface area (Å²) in [6, 6.07) is 20.0. The average Bonchev–Trinajstić information content (AvgIpc) is 3.19. The molecule has 1 fully saturated rings. The van der Waals surface area contributed by atoms with Gasteiger partial charge in [-0.25, -0.2) is 0 Å². The Morgan fingerprint density at radius 2 is 1.84 bits per heavy atom. The van der Waals surface area contributed by atoms with Gasteiger partial charge < -0.3 is 34.3 Å². The third-order valence-electron chi connectivity index (χ3n) is 8.02. The van der Waals surface area contributed by atoms with Crippen molar-refractivity contribution in [1.29, 1.82) is 0 Å². The molecule has 3 aliphatic rings. The molecule has 0 radical (unpaired) electrons. The number of anilines is 2. The van der Waals surface area contributed by atoms with E-state index in [1.165, 1.54) is 5.69 Å². The van der Waals surface area contributed by atoms with Crippen LogP contribution in [0.4, 0.5) is 17.1 Å². The smallest absolute Gasteiger partial charge is 0.233 e. The van der Waals surface area contributed by atoms with Crippen LogP contribution in [0.2, 0.25) is 0 Å². The molecule has 2 aliphatic heterocycles. The number of aliphatic hydroxyl groups is 1. The fraction of sp³-hybridized carbons (Fsp3) is 0.353. The van der Waals surface area contributed by atoms with Crippen molar-refractivity contribution in [3.8, 4) is 17.2 Å². The van der Waals surface area contributed by atoms with E-state index in [1.54, 1.807) is 7.11 Å². The molecule has 0 saturated carbocycles. The van der Waals surface area contributed by atoms with Crippen molar-refractivity contribution in [2.24, 2.45) is 10.9 Å². The van der Waals surface area contributed by atoms with Gasteiger partial charge in [-0.15, -0.1) is 0 Å². The molecule has 3 aromatic carbocycles. The Morgan fingerprint density at radius 3 is 2.63 bits per heavy atom. The first-order valence-electron chi connectivity index (χ1n) is 14.8. The highest BCUT2D eigenvalue weighted by Gasteiger charge is 2.31. The van der Waals surface area contributed by atoms with E-state index in [9.17, 15) is 4.79 Å². The molecule has 1 amide bonds. The monoisotopic (exact) mass is 583 g/mol. The van der Waals surface area contributed by atoms with E-state index in [2.05, 4.69) is 22.3 Å². The number of benzene rings is 3. The van der Waals surface area contributed by atoms with Crippen LogP contribution in [0.25, 0.3) is 5.57 Å². The van der Waals surface area contributed by atoms with Crippen molar-refractivity contribution in [2.75, 3.05) is 63.5 Å². The highest BCUT2D eigenvalue weighted by molar-refractivity contribution is 6.19. The Hall–Kier alpha value is -4.34. The Labute approximate surface area is 251 Å². The van der Waals surface area contributed by atoms with E-state index < -0.39 is 0 Å². The minimum absolute atomic E-state index is 0.0353.